The molecule has 2 aromatic heterocycles. The van der Waals surface area contributed by atoms with E-state index >= 15 is 0 Å². The number of carbonyl (C=O) groups is 1. The second kappa shape index (κ2) is 10.3. The number of aryl methyl sites for hydroxylation is 3. The van der Waals surface area contributed by atoms with E-state index in [0.29, 0.717) is 13.0 Å². The van der Waals surface area contributed by atoms with Crippen molar-refractivity contribution >= 4 is 44.4 Å². The summed E-state index contributed by atoms with van der Waals surface area (Å²) >= 11 is 3.40. The number of carbonyl (C=O) groups excluding carboxylic acids is 1. The van der Waals surface area contributed by atoms with Gasteiger partial charge in [0.15, 0.2) is 5.13 Å². The number of nitrogens with zero attached hydrogens (tertiary/aromatic N) is 3. The van der Waals surface area contributed by atoms with Crippen LogP contribution in [-0.2, 0) is 11.3 Å². The monoisotopic (exact) mass is 461 g/mol. The van der Waals surface area contributed by atoms with Crippen LogP contribution in [0.5, 0.6) is 0 Å². The van der Waals surface area contributed by atoms with E-state index < -0.39 is 0 Å². The summed E-state index contributed by atoms with van der Waals surface area (Å²) < 4.78 is 1.15. The van der Waals surface area contributed by atoms with Crippen LogP contribution in [0.15, 0.2) is 65.8 Å². The lowest BCUT2D eigenvalue weighted by atomic mass is 10.1. The number of benzene rings is 2. The third-order valence-corrected chi connectivity index (χ3v) is 7.66. The van der Waals surface area contributed by atoms with Crippen LogP contribution in [0, 0.1) is 20.8 Å². The lowest BCUT2D eigenvalue weighted by Gasteiger charge is -2.20. The van der Waals surface area contributed by atoms with Crippen molar-refractivity contribution in [2.45, 2.75) is 45.1 Å². The summed E-state index contributed by atoms with van der Waals surface area (Å²) in [5, 5.41) is 0.762. The molecule has 1 amide bonds. The van der Waals surface area contributed by atoms with Crippen LogP contribution < -0.4 is 4.90 Å². The highest BCUT2D eigenvalue weighted by Crippen LogP contribution is 2.34. The minimum atomic E-state index is 0.104. The fourth-order valence-electron chi connectivity index (χ4n) is 3.48. The topological polar surface area (TPSA) is 46.1 Å². The zero-order valence-electron chi connectivity index (χ0n) is 18.7. The van der Waals surface area contributed by atoms with Gasteiger partial charge in [0.2, 0.25) is 5.91 Å². The number of amides is 1. The van der Waals surface area contributed by atoms with E-state index in [-0.39, 0.29) is 5.91 Å². The lowest BCUT2D eigenvalue weighted by Crippen LogP contribution is -2.30. The molecular formula is C26H27N3OS2. The molecule has 32 heavy (non-hydrogen) atoms. The molecule has 0 unspecified atom stereocenters. The van der Waals surface area contributed by atoms with Crippen molar-refractivity contribution in [3.8, 4) is 0 Å². The average Bonchev–Trinajstić information content (AvgIpc) is 3.26. The van der Waals surface area contributed by atoms with Crippen molar-refractivity contribution in [1.82, 2.24) is 9.97 Å². The van der Waals surface area contributed by atoms with Crippen LogP contribution in [0.4, 0.5) is 5.13 Å². The Morgan fingerprint density at radius 3 is 2.53 bits per heavy atom. The van der Waals surface area contributed by atoms with Gasteiger partial charge in [0, 0.05) is 23.7 Å². The highest BCUT2D eigenvalue weighted by Gasteiger charge is 2.21. The molecule has 0 N–H and O–H groups in total. The van der Waals surface area contributed by atoms with Gasteiger partial charge in [-0.3, -0.25) is 14.7 Å². The van der Waals surface area contributed by atoms with E-state index in [0.717, 1.165) is 38.6 Å². The van der Waals surface area contributed by atoms with Crippen molar-refractivity contribution in [2.75, 3.05) is 10.7 Å². The van der Waals surface area contributed by atoms with Gasteiger partial charge in [-0.05, 0) is 67.8 Å². The number of thioether (sulfide) groups is 1. The Labute approximate surface area is 197 Å². The van der Waals surface area contributed by atoms with E-state index in [2.05, 4.69) is 62.2 Å². The molecule has 0 radical (unpaired) electrons. The summed E-state index contributed by atoms with van der Waals surface area (Å²) in [7, 11) is 0. The zero-order chi connectivity index (χ0) is 22.5. The first-order chi connectivity index (χ1) is 15.5. The van der Waals surface area contributed by atoms with Crippen LogP contribution in [0.1, 0.15) is 35.1 Å². The number of anilines is 1. The van der Waals surface area contributed by atoms with Gasteiger partial charge in [-0.2, -0.15) is 0 Å². The van der Waals surface area contributed by atoms with Crippen molar-refractivity contribution in [1.29, 1.82) is 0 Å². The highest BCUT2D eigenvalue weighted by atomic mass is 32.2. The van der Waals surface area contributed by atoms with Crippen LogP contribution in [0.3, 0.4) is 0 Å². The molecule has 0 atom stereocenters. The van der Waals surface area contributed by atoms with Gasteiger partial charge in [-0.15, -0.1) is 11.8 Å². The van der Waals surface area contributed by atoms with Crippen molar-refractivity contribution < 1.29 is 4.79 Å². The summed E-state index contributed by atoms with van der Waals surface area (Å²) in [4.78, 5) is 25.5. The number of hydrogen-bond donors (Lipinski definition) is 0. The molecular weight excluding hydrogens is 434 g/mol. The number of hydrogen-bond acceptors (Lipinski definition) is 5. The van der Waals surface area contributed by atoms with Crippen molar-refractivity contribution in [2.24, 2.45) is 0 Å². The zero-order valence-corrected chi connectivity index (χ0v) is 20.3. The van der Waals surface area contributed by atoms with E-state index in [1.807, 2.05) is 23.2 Å². The summed E-state index contributed by atoms with van der Waals surface area (Å²) in [6, 6.07) is 16.7. The molecule has 2 aromatic carbocycles. The third-order valence-electron chi connectivity index (χ3n) is 5.35. The minimum absolute atomic E-state index is 0.104. The second-order valence-electron chi connectivity index (χ2n) is 7.98. The van der Waals surface area contributed by atoms with Crippen LogP contribution >= 0.6 is 23.1 Å². The minimum Gasteiger partial charge on any atom is -0.284 e. The first-order valence-electron chi connectivity index (χ1n) is 10.8. The molecule has 0 saturated carbocycles. The number of fused-ring (bicyclic) bond motifs is 1. The average molecular weight is 462 g/mol. The first-order valence-corrected chi connectivity index (χ1v) is 12.6. The van der Waals surface area contributed by atoms with Crippen LogP contribution in [0.2, 0.25) is 0 Å². The molecule has 0 bridgehead atoms. The maximum absolute atomic E-state index is 13.3. The van der Waals surface area contributed by atoms with Crippen LogP contribution in [0.25, 0.3) is 10.2 Å². The molecule has 0 saturated heterocycles. The summed E-state index contributed by atoms with van der Waals surface area (Å²) in [5.41, 5.74) is 5.58. The maximum Gasteiger partial charge on any atom is 0.229 e. The molecule has 6 heteroatoms. The normalized spacial score (nSPS) is 11.1. The smallest absolute Gasteiger partial charge is 0.229 e. The molecule has 0 aliphatic heterocycles. The number of thiazole rings is 1. The van der Waals surface area contributed by atoms with Crippen molar-refractivity contribution in [3.05, 3.63) is 83.2 Å². The molecule has 0 aliphatic rings. The Balaban J connectivity index is 1.50. The molecule has 0 fully saturated rings. The number of pyridine rings is 1. The van der Waals surface area contributed by atoms with Gasteiger partial charge in [0.05, 0.1) is 16.8 Å². The van der Waals surface area contributed by atoms with Gasteiger partial charge >= 0.3 is 0 Å². The fraction of sp³-hybridized carbons (Fsp3) is 0.269. The molecule has 164 valence electrons. The predicted octanol–water partition coefficient (Wildman–Crippen LogP) is 6.72. The first kappa shape index (κ1) is 22.5. The Kier molecular flexibility index (Phi) is 7.22. The Morgan fingerprint density at radius 1 is 1.03 bits per heavy atom. The molecule has 4 rings (SSSR count). The molecule has 0 aliphatic carbocycles. The molecule has 4 aromatic rings. The standard InChI is InChI=1S/C26H27N3OS2/c1-18-8-12-22(13-9-18)31-15-5-7-23(30)29(17-21-6-4-14-27-16-21)26-28-24-19(2)10-11-20(3)25(24)32-26/h4,6,8-14,16H,5,7,15,17H2,1-3H3. The van der Waals surface area contributed by atoms with E-state index in [1.165, 1.54) is 16.0 Å². The Morgan fingerprint density at radius 2 is 1.81 bits per heavy atom. The van der Waals surface area contributed by atoms with Gasteiger partial charge in [0.1, 0.15) is 0 Å². The Bertz CT molecular complexity index is 1160. The van der Waals surface area contributed by atoms with Gasteiger partial charge in [-0.25, -0.2) is 4.98 Å². The summed E-state index contributed by atoms with van der Waals surface area (Å²) in [6.07, 6.45) is 4.89. The second-order valence-corrected chi connectivity index (χ2v) is 10.1. The lowest BCUT2D eigenvalue weighted by molar-refractivity contribution is -0.118. The SMILES string of the molecule is Cc1ccc(SCCCC(=O)N(Cc2cccnc2)c2nc3c(C)ccc(C)c3s2)cc1. The van der Waals surface area contributed by atoms with E-state index in [4.69, 9.17) is 4.98 Å². The number of rotatable bonds is 8. The van der Waals surface area contributed by atoms with Gasteiger partial charge in [0.25, 0.3) is 0 Å². The quantitative estimate of drug-likeness (QED) is 0.216. The molecule has 4 nitrogen and oxygen atoms in total. The third kappa shape index (κ3) is 5.37. The Hall–Kier alpha value is -2.70. The van der Waals surface area contributed by atoms with Crippen LogP contribution in [-0.4, -0.2) is 21.6 Å². The fourth-order valence-corrected chi connectivity index (χ4v) is 5.46. The largest absolute Gasteiger partial charge is 0.284 e. The van der Waals surface area contributed by atoms with Gasteiger partial charge < -0.3 is 0 Å². The summed E-state index contributed by atoms with van der Waals surface area (Å²) in [6.45, 7) is 6.74. The van der Waals surface area contributed by atoms with E-state index in [9.17, 15) is 4.79 Å². The maximum atomic E-state index is 13.3. The van der Waals surface area contributed by atoms with E-state index in [1.54, 1.807) is 29.3 Å². The van der Waals surface area contributed by atoms with Gasteiger partial charge in [-0.1, -0.05) is 47.2 Å². The predicted molar refractivity (Wildman–Crippen MR) is 136 cm³/mol. The van der Waals surface area contributed by atoms with Crippen molar-refractivity contribution in [3.63, 3.8) is 0 Å². The molecule has 0 spiro atoms. The number of aromatic nitrogens is 2. The molecule has 2 heterocycles. The summed E-state index contributed by atoms with van der Waals surface area (Å²) in [5.74, 6) is 1.01. The highest BCUT2D eigenvalue weighted by molar-refractivity contribution is 7.99.